The van der Waals surface area contributed by atoms with Crippen molar-refractivity contribution < 1.29 is 14.4 Å². The summed E-state index contributed by atoms with van der Waals surface area (Å²) in [7, 11) is 0. The summed E-state index contributed by atoms with van der Waals surface area (Å²) in [6.07, 6.45) is 6.38. The Morgan fingerprint density at radius 2 is 1.84 bits per heavy atom. The third kappa shape index (κ3) is 2.05. The van der Waals surface area contributed by atoms with E-state index < -0.39 is 5.41 Å². The van der Waals surface area contributed by atoms with Crippen molar-refractivity contribution in [2.45, 2.75) is 57.4 Å². The number of nitrogens with one attached hydrogen (secondary N) is 1. The first-order valence-corrected chi connectivity index (χ1v) is 7.26. The number of hydrogen-bond acceptors (Lipinski definition) is 3. The predicted octanol–water partition coefficient (Wildman–Crippen LogP) is 0.974. The summed E-state index contributed by atoms with van der Waals surface area (Å²) < 4.78 is 0. The van der Waals surface area contributed by atoms with Gasteiger partial charge in [-0.1, -0.05) is 19.3 Å². The predicted molar refractivity (Wildman–Crippen MR) is 68.0 cm³/mol. The summed E-state index contributed by atoms with van der Waals surface area (Å²) in [5, 5.41) is 2.76. The highest BCUT2D eigenvalue weighted by molar-refractivity contribution is 6.06. The SMILES string of the molecule is O=C1CCC(N2C(=O)CC3(CCCCC3)C2=O)CN1. The Kier molecular flexibility index (Phi) is 3.07. The maximum Gasteiger partial charge on any atom is 0.236 e. The Labute approximate surface area is 112 Å². The van der Waals surface area contributed by atoms with E-state index in [1.54, 1.807) is 0 Å². The average molecular weight is 264 g/mol. The Balaban J connectivity index is 1.77. The van der Waals surface area contributed by atoms with Crippen LogP contribution in [0.25, 0.3) is 0 Å². The van der Waals surface area contributed by atoms with Crippen LogP contribution in [-0.2, 0) is 14.4 Å². The molecule has 5 nitrogen and oxygen atoms in total. The standard InChI is InChI=1S/C14H20N2O3/c17-11-5-4-10(9-15-11)16-12(18)8-14(13(16)19)6-2-1-3-7-14/h10H,1-9H2,(H,15,17). The van der Waals surface area contributed by atoms with E-state index in [0.29, 0.717) is 25.8 Å². The Hall–Kier alpha value is -1.39. The molecule has 3 aliphatic rings. The average Bonchev–Trinajstić information content (AvgIpc) is 2.64. The van der Waals surface area contributed by atoms with Crippen molar-refractivity contribution >= 4 is 17.7 Å². The van der Waals surface area contributed by atoms with E-state index in [1.807, 2.05) is 0 Å². The lowest BCUT2D eigenvalue weighted by molar-refractivity contribution is -0.146. The molecule has 1 atom stereocenters. The minimum Gasteiger partial charge on any atom is -0.354 e. The highest BCUT2D eigenvalue weighted by Gasteiger charge is 2.53. The summed E-state index contributed by atoms with van der Waals surface area (Å²) in [5.41, 5.74) is -0.406. The smallest absolute Gasteiger partial charge is 0.236 e. The van der Waals surface area contributed by atoms with E-state index in [0.717, 1.165) is 25.7 Å². The second-order valence-corrected chi connectivity index (χ2v) is 6.08. The van der Waals surface area contributed by atoms with Crippen LogP contribution in [0, 0.1) is 5.41 Å². The van der Waals surface area contributed by atoms with Gasteiger partial charge in [0.1, 0.15) is 0 Å². The number of likely N-dealkylation sites (tertiary alicyclic amines) is 1. The summed E-state index contributed by atoms with van der Waals surface area (Å²) in [6, 6.07) is -0.126. The lowest BCUT2D eigenvalue weighted by Crippen LogP contribution is -2.51. The Morgan fingerprint density at radius 3 is 2.47 bits per heavy atom. The normalized spacial score (nSPS) is 30.8. The number of rotatable bonds is 1. The molecule has 1 aliphatic carbocycles. The summed E-state index contributed by atoms with van der Waals surface area (Å²) in [4.78, 5) is 37.5. The van der Waals surface area contributed by atoms with Crippen LogP contribution >= 0.6 is 0 Å². The van der Waals surface area contributed by atoms with Gasteiger partial charge in [0.2, 0.25) is 17.7 Å². The quantitative estimate of drug-likeness (QED) is 0.718. The van der Waals surface area contributed by atoms with E-state index in [2.05, 4.69) is 5.32 Å². The molecule has 3 fully saturated rings. The molecule has 0 bridgehead atoms. The molecule has 0 aromatic rings. The first-order valence-electron chi connectivity index (χ1n) is 7.26. The molecule has 2 aliphatic heterocycles. The molecular formula is C14H20N2O3. The second kappa shape index (κ2) is 4.62. The molecule has 3 amide bonds. The molecule has 0 aromatic carbocycles. The zero-order valence-electron chi connectivity index (χ0n) is 11.1. The van der Waals surface area contributed by atoms with Gasteiger partial charge in [-0.05, 0) is 19.3 Å². The number of amides is 3. The van der Waals surface area contributed by atoms with Gasteiger partial charge >= 0.3 is 0 Å². The van der Waals surface area contributed by atoms with Crippen molar-refractivity contribution in [3.8, 4) is 0 Å². The number of carbonyl (C=O) groups excluding carboxylic acids is 3. The van der Waals surface area contributed by atoms with Crippen LogP contribution < -0.4 is 5.32 Å². The van der Waals surface area contributed by atoms with E-state index >= 15 is 0 Å². The number of carbonyl (C=O) groups is 3. The zero-order valence-corrected chi connectivity index (χ0v) is 11.1. The van der Waals surface area contributed by atoms with Crippen LogP contribution in [0.1, 0.15) is 51.4 Å². The van der Waals surface area contributed by atoms with Gasteiger partial charge in [0.25, 0.3) is 0 Å². The van der Waals surface area contributed by atoms with Crippen molar-refractivity contribution in [3.05, 3.63) is 0 Å². The molecule has 1 unspecified atom stereocenters. The first kappa shape index (κ1) is 12.6. The number of nitrogens with zero attached hydrogens (tertiary/aromatic N) is 1. The van der Waals surface area contributed by atoms with Gasteiger partial charge in [-0.15, -0.1) is 0 Å². The van der Waals surface area contributed by atoms with Crippen molar-refractivity contribution in [2.24, 2.45) is 5.41 Å². The van der Waals surface area contributed by atoms with Gasteiger partial charge in [-0.25, -0.2) is 0 Å². The highest BCUT2D eigenvalue weighted by atomic mass is 16.2. The van der Waals surface area contributed by atoms with Gasteiger partial charge in [0.15, 0.2) is 0 Å². The molecule has 5 heteroatoms. The van der Waals surface area contributed by atoms with Crippen LogP contribution in [0.3, 0.4) is 0 Å². The lowest BCUT2D eigenvalue weighted by Gasteiger charge is -2.34. The molecule has 1 spiro atoms. The molecule has 19 heavy (non-hydrogen) atoms. The monoisotopic (exact) mass is 264 g/mol. The van der Waals surface area contributed by atoms with Gasteiger partial charge in [-0.3, -0.25) is 19.3 Å². The van der Waals surface area contributed by atoms with Crippen LogP contribution in [-0.4, -0.2) is 35.2 Å². The largest absolute Gasteiger partial charge is 0.354 e. The third-order valence-electron chi connectivity index (χ3n) is 4.85. The summed E-state index contributed by atoms with van der Waals surface area (Å²) in [5.74, 6) is 0.00845. The van der Waals surface area contributed by atoms with E-state index in [4.69, 9.17) is 0 Å². The lowest BCUT2D eigenvalue weighted by atomic mass is 9.73. The van der Waals surface area contributed by atoms with Crippen LogP contribution in [0.4, 0.5) is 0 Å². The zero-order chi connectivity index (χ0) is 13.5. The second-order valence-electron chi connectivity index (χ2n) is 6.08. The Morgan fingerprint density at radius 1 is 1.11 bits per heavy atom. The molecule has 0 aromatic heterocycles. The molecule has 3 rings (SSSR count). The maximum atomic E-state index is 12.7. The van der Waals surface area contributed by atoms with Gasteiger partial charge < -0.3 is 5.32 Å². The number of hydrogen-bond donors (Lipinski definition) is 1. The minimum absolute atomic E-state index is 0.0164. The van der Waals surface area contributed by atoms with Gasteiger partial charge in [0.05, 0.1) is 11.5 Å². The van der Waals surface area contributed by atoms with Gasteiger partial charge in [-0.2, -0.15) is 0 Å². The molecule has 104 valence electrons. The Bertz CT molecular complexity index is 416. The van der Waals surface area contributed by atoms with E-state index in [-0.39, 0.29) is 23.8 Å². The summed E-state index contributed by atoms with van der Waals surface area (Å²) >= 11 is 0. The first-order chi connectivity index (χ1) is 9.12. The third-order valence-corrected chi connectivity index (χ3v) is 4.85. The van der Waals surface area contributed by atoms with Crippen molar-refractivity contribution in [3.63, 3.8) is 0 Å². The fraction of sp³-hybridized carbons (Fsp3) is 0.786. The summed E-state index contributed by atoms with van der Waals surface area (Å²) in [6.45, 7) is 0.423. The van der Waals surface area contributed by atoms with Crippen LogP contribution in [0.15, 0.2) is 0 Å². The molecule has 2 heterocycles. The topological polar surface area (TPSA) is 66.5 Å². The molecular weight excluding hydrogens is 244 g/mol. The number of piperidine rings is 1. The molecule has 1 N–H and O–H groups in total. The fourth-order valence-electron chi connectivity index (χ4n) is 3.75. The minimum atomic E-state index is -0.406. The maximum absolute atomic E-state index is 12.7. The van der Waals surface area contributed by atoms with E-state index in [9.17, 15) is 14.4 Å². The fourth-order valence-corrected chi connectivity index (χ4v) is 3.75. The van der Waals surface area contributed by atoms with E-state index in [1.165, 1.54) is 11.3 Å². The van der Waals surface area contributed by atoms with Crippen LogP contribution in [0.2, 0.25) is 0 Å². The highest BCUT2D eigenvalue weighted by Crippen LogP contribution is 2.46. The van der Waals surface area contributed by atoms with Gasteiger partial charge in [0, 0.05) is 19.4 Å². The number of imide groups is 1. The molecule has 1 saturated carbocycles. The van der Waals surface area contributed by atoms with Crippen LogP contribution in [0.5, 0.6) is 0 Å². The molecule has 2 saturated heterocycles. The molecule has 0 radical (unpaired) electrons. The van der Waals surface area contributed by atoms with Crippen molar-refractivity contribution in [1.29, 1.82) is 0 Å². The van der Waals surface area contributed by atoms with Crippen molar-refractivity contribution in [2.75, 3.05) is 6.54 Å². The van der Waals surface area contributed by atoms with Crippen molar-refractivity contribution in [1.82, 2.24) is 10.2 Å².